The Kier molecular flexibility index (Phi) is 9.13. The molecule has 0 aliphatic carbocycles. The van der Waals surface area contributed by atoms with Crippen LogP contribution >= 0.6 is 0 Å². The van der Waals surface area contributed by atoms with Crippen LogP contribution in [0.15, 0.2) is 42.5 Å². The fraction of sp³-hybridized carbons (Fsp3) is 0.440. The number of sulfonamides is 1. The number of hydrogen-bond donors (Lipinski definition) is 3. The number of likely N-dealkylation sites (N-methyl/N-ethyl adjacent to an activating group) is 1. The van der Waals surface area contributed by atoms with E-state index < -0.39 is 45.8 Å². The lowest BCUT2D eigenvalue weighted by Gasteiger charge is -2.38. The number of anilines is 2. The second-order valence-corrected chi connectivity index (χ2v) is 11.6. The molecule has 0 unspecified atom stereocenters. The first kappa shape index (κ1) is 30.2. The van der Waals surface area contributed by atoms with E-state index in [1.807, 2.05) is 6.92 Å². The molecule has 1 aliphatic heterocycles. The van der Waals surface area contributed by atoms with Gasteiger partial charge in [0, 0.05) is 30.9 Å². The third kappa shape index (κ3) is 7.61. The molecule has 3 atom stereocenters. The van der Waals surface area contributed by atoms with E-state index in [1.165, 1.54) is 30.1 Å². The highest BCUT2D eigenvalue weighted by atomic mass is 32.2. The number of halogens is 3. The molecule has 10 nitrogen and oxygen atoms in total. The number of urea groups is 1. The fourth-order valence-corrected chi connectivity index (χ4v) is 4.36. The van der Waals surface area contributed by atoms with Crippen LogP contribution in [0.1, 0.15) is 29.8 Å². The van der Waals surface area contributed by atoms with Gasteiger partial charge < -0.3 is 25.4 Å². The summed E-state index contributed by atoms with van der Waals surface area (Å²) in [5, 5.41) is 14.7. The molecule has 2 aromatic rings. The average molecular weight is 573 g/mol. The van der Waals surface area contributed by atoms with Crippen molar-refractivity contribution in [2.24, 2.45) is 5.92 Å². The predicted octanol–water partition coefficient (Wildman–Crippen LogP) is 3.46. The molecule has 0 aromatic heterocycles. The van der Waals surface area contributed by atoms with Gasteiger partial charge in [0.15, 0.2) is 0 Å². The first-order valence-electron chi connectivity index (χ1n) is 12.0. The maximum absolute atomic E-state index is 13.5. The molecule has 0 radical (unpaired) electrons. The van der Waals surface area contributed by atoms with E-state index in [0.29, 0.717) is 0 Å². The molecular weight excluding hydrogens is 541 g/mol. The Morgan fingerprint density at radius 2 is 1.77 bits per heavy atom. The minimum Gasteiger partial charge on any atom is -0.488 e. The van der Waals surface area contributed by atoms with Crippen LogP contribution in [0.4, 0.5) is 29.3 Å². The Morgan fingerprint density at radius 3 is 2.33 bits per heavy atom. The van der Waals surface area contributed by atoms with Crippen molar-refractivity contribution in [2.75, 3.05) is 43.6 Å². The standard InChI is InChI=1S/C25H31F3N4O6S/c1-15-12-32(16(2)14-33)23(34)20-11-19(9-10-21(20)38-22(15)13-31(3)39(4,36)37)30-24(35)29-18-7-5-17(6-8-18)25(26,27)28/h5-11,15-16,22,33H,12-14H2,1-4H3,(H2,29,30,35)/t15-,16-,22+/m1/s1. The molecule has 0 fully saturated rings. The van der Waals surface area contributed by atoms with E-state index in [-0.39, 0.29) is 48.3 Å². The zero-order chi connectivity index (χ0) is 29.1. The van der Waals surface area contributed by atoms with E-state index in [0.717, 1.165) is 34.8 Å². The third-order valence-electron chi connectivity index (χ3n) is 6.40. The van der Waals surface area contributed by atoms with Gasteiger partial charge in [0.2, 0.25) is 10.0 Å². The van der Waals surface area contributed by atoms with Gasteiger partial charge in [0.05, 0.1) is 36.6 Å². The van der Waals surface area contributed by atoms with Crippen LogP contribution in [-0.4, -0.2) is 79.8 Å². The fourth-order valence-electron chi connectivity index (χ4n) is 3.94. The van der Waals surface area contributed by atoms with Crippen molar-refractivity contribution in [1.82, 2.24) is 9.21 Å². The molecule has 0 saturated carbocycles. The number of ether oxygens (including phenoxy) is 1. The molecule has 1 aliphatic rings. The van der Waals surface area contributed by atoms with Gasteiger partial charge in [-0.2, -0.15) is 13.2 Å². The summed E-state index contributed by atoms with van der Waals surface area (Å²) in [5.74, 6) is -0.588. The number of carbonyl (C=O) groups excluding carboxylic acids is 2. The number of hydrogen-bond acceptors (Lipinski definition) is 6. The van der Waals surface area contributed by atoms with Crippen molar-refractivity contribution in [1.29, 1.82) is 0 Å². The number of rotatable bonds is 7. The molecule has 0 bridgehead atoms. The number of fused-ring (bicyclic) bond motifs is 1. The molecule has 214 valence electrons. The normalized spacial score (nSPS) is 19.0. The topological polar surface area (TPSA) is 128 Å². The molecule has 3 N–H and O–H groups in total. The Morgan fingerprint density at radius 1 is 1.18 bits per heavy atom. The SMILES string of the molecule is C[C@@H]1CN([C@H](C)CO)C(=O)c2cc(NC(=O)Nc3ccc(C(F)(F)F)cc3)ccc2O[C@H]1CN(C)S(C)(=O)=O. The van der Waals surface area contributed by atoms with Crippen LogP contribution < -0.4 is 15.4 Å². The van der Waals surface area contributed by atoms with Gasteiger partial charge in [0.25, 0.3) is 5.91 Å². The summed E-state index contributed by atoms with van der Waals surface area (Å²) in [5.41, 5.74) is -0.446. The highest BCUT2D eigenvalue weighted by molar-refractivity contribution is 7.88. The van der Waals surface area contributed by atoms with Gasteiger partial charge in [-0.05, 0) is 49.4 Å². The summed E-state index contributed by atoms with van der Waals surface area (Å²) >= 11 is 0. The monoisotopic (exact) mass is 572 g/mol. The van der Waals surface area contributed by atoms with E-state index in [4.69, 9.17) is 4.74 Å². The van der Waals surface area contributed by atoms with E-state index in [9.17, 15) is 36.3 Å². The van der Waals surface area contributed by atoms with Crippen LogP contribution in [0.25, 0.3) is 0 Å². The second-order valence-electron chi connectivity index (χ2n) is 9.53. The Balaban J connectivity index is 1.86. The Hall–Kier alpha value is -3.36. The van der Waals surface area contributed by atoms with Crippen LogP contribution in [0.2, 0.25) is 0 Å². The van der Waals surface area contributed by atoms with Crippen molar-refractivity contribution in [3.63, 3.8) is 0 Å². The first-order valence-corrected chi connectivity index (χ1v) is 13.8. The molecule has 2 aromatic carbocycles. The second kappa shape index (κ2) is 11.8. The lowest BCUT2D eigenvalue weighted by molar-refractivity contribution is -0.137. The summed E-state index contributed by atoms with van der Waals surface area (Å²) in [7, 11) is -2.08. The van der Waals surface area contributed by atoms with Crippen molar-refractivity contribution < 1.29 is 41.0 Å². The lowest BCUT2D eigenvalue weighted by atomic mass is 9.99. The number of carbonyl (C=O) groups is 2. The largest absolute Gasteiger partial charge is 0.488 e. The van der Waals surface area contributed by atoms with Gasteiger partial charge in [-0.15, -0.1) is 0 Å². The van der Waals surface area contributed by atoms with Crippen LogP contribution in [0.5, 0.6) is 5.75 Å². The van der Waals surface area contributed by atoms with Gasteiger partial charge in [-0.3, -0.25) is 4.79 Å². The highest BCUT2D eigenvalue weighted by Gasteiger charge is 2.34. The van der Waals surface area contributed by atoms with Gasteiger partial charge >= 0.3 is 12.2 Å². The maximum Gasteiger partial charge on any atom is 0.416 e. The summed E-state index contributed by atoms with van der Waals surface area (Å²) in [6.07, 6.45) is -4.06. The number of nitrogens with zero attached hydrogens (tertiary/aromatic N) is 2. The van der Waals surface area contributed by atoms with Crippen LogP contribution in [0, 0.1) is 5.92 Å². The average Bonchev–Trinajstić information content (AvgIpc) is 2.85. The number of nitrogens with one attached hydrogen (secondary N) is 2. The maximum atomic E-state index is 13.5. The van der Waals surface area contributed by atoms with Crippen molar-refractivity contribution in [3.8, 4) is 5.75 Å². The van der Waals surface area contributed by atoms with Gasteiger partial charge in [0.1, 0.15) is 11.9 Å². The lowest BCUT2D eigenvalue weighted by Crippen LogP contribution is -2.50. The number of benzene rings is 2. The molecule has 0 saturated heterocycles. The molecule has 3 rings (SSSR count). The number of aliphatic hydroxyl groups excluding tert-OH is 1. The van der Waals surface area contributed by atoms with Gasteiger partial charge in [-0.1, -0.05) is 6.92 Å². The van der Waals surface area contributed by atoms with Crippen LogP contribution in [0.3, 0.4) is 0 Å². The summed E-state index contributed by atoms with van der Waals surface area (Å²) in [4.78, 5) is 27.4. The summed E-state index contributed by atoms with van der Waals surface area (Å²) in [6, 6.07) is 6.92. The summed E-state index contributed by atoms with van der Waals surface area (Å²) in [6.45, 7) is 3.37. The zero-order valence-corrected chi connectivity index (χ0v) is 22.6. The third-order valence-corrected chi connectivity index (χ3v) is 7.68. The minimum atomic E-state index is -4.51. The zero-order valence-electron chi connectivity index (χ0n) is 21.8. The minimum absolute atomic E-state index is 0.0184. The van der Waals surface area contributed by atoms with Crippen molar-refractivity contribution >= 4 is 33.3 Å². The predicted molar refractivity (Wildman–Crippen MR) is 139 cm³/mol. The summed E-state index contributed by atoms with van der Waals surface area (Å²) < 4.78 is 69.6. The van der Waals surface area contributed by atoms with E-state index in [1.54, 1.807) is 6.92 Å². The quantitative estimate of drug-likeness (QED) is 0.466. The van der Waals surface area contributed by atoms with Crippen molar-refractivity contribution in [3.05, 3.63) is 53.6 Å². The molecular formula is C25H31F3N4O6S. The molecule has 0 spiro atoms. The highest BCUT2D eigenvalue weighted by Crippen LogP contribution is 2.32. The number of amides is 3. The Labute approximate surface area is 224 Å². The molecule has 3 amide bonds. The number of alkyl halides is 3. The number of aliphatic hydroxyl groups is 1. The first-order chi connectivity index (χ1) is 18.1. The Bertz CT molecular complexity index is 1300. The van der Waals surface area contributed by atoms with E-state index >= 15 is 0 Å². The molecule has 1 heterocycles. The van der Waals surface area contributed by atoms with Gasteiger partial charge in [-0.25, -0.2) is 17.5 Å². The van der Waals surface area contributed by atoms with Crippen LogP contribution in [-0.2, 0) is 16.2 Å². The molecule has 39 heavy (non-hydrogen) atoms. The van der Waals surface area contributed by atoms with Crippen molar-refractivity contribution in [2.45, 2.75) is 32.2 Å². The smallest absolute Gasteiger partial charge is 0.416 e. The van der Waals surface area contributed by atoms with E-state index in [2.05, 4.69) is 10.6 Å². The molecule has 14 heteroatoms.